The quantitative estimate of drug-likeness (QED) is 0.483. The van der Waals surface area contributed by atoms with Crippen LogP contribution in [0.25, 0.3) is 5.69 Å². The Bertz CT molecular complexity index is 1090. The number of ether oxygens (including phenoxy) is 2. The zero-order valence-corrected chi connectivity index (χ0v) is 19.7. The Labute approximate surface area is 199 Å². The number of amides is 1. The highest BCUT2D eigenvalue weighted by Crippen LogP contribution is 2.32. The van der Waals surface area contributed by atoms with Crippen LogP contribution in [-0.2, 0) is 11.2 Å². The second kappa shape index (κ2) is 11.2. The zero-order chi connectivity index (χ0) is 23.9. The molecule has 1 aromatic heterocycles. The normalized spacial score (nSPS) is 13.7. The van der Waals surface area contributed by atoms with Gasteiger partial charge in [-0.1, -0.05) is 0 Å². The Morgan fingerprint density at radius 2 is 1.74 bits per heavy atom. The van der Waals surface area contributed by atoms with Crippen molar-refractivity contribution >= 4 is 5.91 Å². The van der Waals surface area contributed by atoms with Crippen LogP contribution in [0.4, 0.5) is 4.39 Å². The molecular weight excluding hydrogens is 435 g/mol. The number of hydrogen-bond donors (Lipinski definition) is 1. The summed E-state index contributed by atoms with van der Waals surface area (Å²) in [6.45, 7) is 5.66. The minimum Gasteiger partial charge on any atom is -0.497 e. The van der Waals surface area contributed by atoms with E-state index in [1.54, 1.807) is 23.9 Å². The molecule has 3 aromatic rings. The van der Waals surface area contributed by atoms with Crippen molar-refractivity contribution in [2.75, 3.05) is 33.3 Å². The fourth-order valence-electron chi connectivity index (χ4n) is 4.13. The third kappa shape index (κ3) is 5.94. The molecule has 34 heavy (non-hydrogen) atoms. The number of rotatable bonds is 10. The molecule has 1 N–H and O–H groups in total. The first-order valence-electron chi connectivity index (χ1n) is 11.7. The molecule has 8 heteroatoms. The van der Waals surface area contributed by atoms with E-state index in [1.165, 1.54) is 25.0 Å². The molecular formula is C26H31FN4O3. The van der Waals surface area contributed by atoms with E-state index in [0.29, 0.717) is 36.7 Å². The van der Waals surface area contributed by atoms with Crippen molar-refractivity contribution < 1.29 is 18.7 Å². The van der Waals surface area contributed by atoms with Gasteiger partial charge in [-0.05, 0) is 87.8 Å². The van der Waals surface area contributed by atoms with Gasteiger partial charge in [0.2, 0.25) is 11.8 Å². The summed E-state index contributed by atoms with van der Waals surface area (Å²) in [5, 5.41) is 7.66. The Morgan fingerprint density at radius 3 is 2.41 bits per heavy atom. The van der Waals surface area contributed by atoms with Crippen LogP contribution in [-0.4, -0.2) is 53.9 Å². The number of nitrogens with zero attached hydrogens (tertiary/aromatic N) is 3. The Kier molecular flexibility index (Phi) is 7.80. The molecule has 7 nitrogen and oxygen atoms in total. The van der Waals surface area contributed by atoms with Gasteiger partial charge in [0.05, 0.1) is 18.5 Å². The van der Waals surface area contributed by atoms with Crippen LogP contribution in [0.15, 0.2) is 48.5 Å². The average molecular weight is 467 g/mol. The van der Waals surface area contributed by atoms with Crippen LogP contribution in [0.3, 0.4) is 0 Å². The lowest BCUT2D eigenvalue weighted by Crippen LogP contribution is -2.33. The number of nitrogens with one attached hydrogen (secondary N) is 1. The van der Waals surface area contributed by atoms with Crippen LogP contribution in [0.2, 0.25) is 0 Å². The number of aryl methyl sites for hydroxylation is 1. The molecule has 2 aromatic carbocycles. The van der Waals surface area contributed by atoms with E-state index in [1.807, 2.05) is 31.2 Å². The third-order valence-corrected chi connectivity index (χ3v) is 6.03. The van der Waals surface area contributed by atoms with Crippen LogP contribution in [0.1, 0.15) is 30.5 Å². The SMILES string of the molecule is COc1ccc(Oc2c(CCC(=O)NCCN3CCCC3)c(C)nn2-c2ccc(F)cc2)cc1. The summed E-state index contributed by atoms with van der Waals surface area (Å²) >= 11 is 0. The van der Waals surface area contributed by atoms with Crippen molar-refractivity contribution in [3.8, 4) is 23.1 Å². The molecule has 0 spiro atoms. The van der Waals surface area contributed by atoms with Crippen molar-refractivity contribution in [1.82, 2.24) is 20.0 Å². The largest absolute Gasteiger partial charge is 0.497 e. The number of aromatic nitrogens is 2. The topological polar surface area (TPSA) is 68.6 Å². The maximum atomic E-state index is 13.5. The molecule has 1 aliphatic rings. The van der Waals surface area contributed by atoms with E-state index >= 15 is 0 Å². The second-order valence-electron chi connectivity index (χ2n) is 8.43. The predicted octanol–water partition coefficient (Wildman–Crippen LogP) is 4.27. The molecule has 0 unspecified atom stereocenters. The fraction of sp³-hybridized carbons (Fsp3) is 0.385. The standard InChI is InChI=1S/C26H31FN4O3/c1-19-24(13-14-25(32)28-15-18-30-16-3-4-17-30)26(34-23-11-9-22(33-2)10-12-23)31(29-19)21-7-5-20(27)6-8-21/h5-12H,3-4,13-18H2,1-2H3,(H,28,32). The van der Waals surface area contributed by atoms with Crippen LogP contribution in [0.5, 0.6) is 17.4 Å². The van der Waals surface area contributed by atoms with E-state index in [2.05, 4.69) is 15.3 Å². The molecule has 0 bridgehead atoms. The molecule has 0 atom stereocenters. The van der Waals surface area contributed by atoms with Gasteiger partial charge in [-0.25, -0.2) is 9.07 Å². The molecule has 1 amide bonds. The van der Waals surface area contributed by atoms with Gasteiger partial charge in [0.15, 0.2) is 0 Å². The predicted molar refractivity (Wildman–Crippen MR) is 128 cm³/mol. The van der Waals surface area contributed by atoms with Gasteiger partial charge in [0.1, 0.15) is 17.3 Å². The van der Waals surface area contributed by atoms with Crippen molar-refractivity contribution in [2.24, 2.45) is 0 Å². The lowest BCUT2D eigenvalue weighted by atomic mass is 10.1. The van der Waals surface area contributed by atoms with Crippen LogP contribution in [0, 0.1) is 12.7 Å². The average Bonchev–Trinajstić information content (AvgIpc) is 3.47. The molecule has 0 saturated carbocycles. The number of likely N-dealkylation sites (tertiary alicyclic amines) is 1. The summed E-state index contributed by atoms with van der Waals surface area (Å²) < 4.78 is 26.6. The Hall–Kier alpha value is -3.39. The summed E-state index contributed by atoms with van der Waals surface area (Å²) in [4.78, 5) is 14.9. The van der Waals surface area contributed by atoms with Crippen LogP contribution < -0.4 is 14.8 Å². The minimum atomic E-state index is -0.323. The summed E-state index contributed by atoms with van der Waals surface area (Å²) in [5.74, 6) is 1.53. The first-order valence-corrected chi connectivity index (χ1v) is 11.7. The van der Waals surface area contributed by atoms with Gasteiger partial charge in [0.25, 0.3) is 0 Å². The molecule has 2 heterocycles. The Balaban J connectivity index is 1.50. The lowest BCUT2D eigenvalue weighted by molar-refractivity contribution is -0.121. The molecule has 180 valence electrons. The monoisotopic (exact) mass is 466 g/mol. The van der Waals surface area contributed by atoms with E-state index in [0.717, 1.165) is 36.6 Å². The summed E-state index contributed by atoms with van der Waals surface area (Å²) in [7, 11) is 1.61. The Morgan fingerprint density at radius 1 is 1.06 bits per heavy atom. The van der Waals surface area contributed by atoms with E-state index < -0.39 is 0 Å². The molecule has 0 radical (unpaired) electrons. The highest BCUT2D eigenvalue weighted by atomic mass is 19.1. The van der Waals surface area contributed by atoms with Gasteiger partial charge in [-0.3, -0.25) is 4.79 Å². The smallest absolute Gasteiger partial charge is 0.226 e. The number of methoxy groups -OCH3 is 1. The lowest BCUT2D eigenvalue weighted by Gasteiger charge is -2.15. The zero-order valence-electron chi connectivity index (χ0n) is 19.7. The number of halogens is 1. The van der Waals surface area contributed by atoms with Crippen molar-refractivity contribution in [1.29, 1.82) is 0 Å². The van der Waals surface area contributed by atoms with Gasteiger partial charge in [-0.15, -0.1) is 0 Å². The highest BCUT2D eigenvalue weighted by Gasteiger charge is 2.20. The first kappa shape index (κ1) is 23.8. The fourth-order valence-corrected chi connectivity index (χ4v) is 4.13. The summed E-state index contributed by atoms with van der Waals surface area (Å²) in [5.41, 5.74) is 2.28. The molecule has 1 aliphatic heterocycles. The number of hydrogen-bond acceptors (Lipinski definition) is 5. The minimum absolute atomic E-state index is 0.00327. The molecule has 0 aliphatic carbocycles. The number of benzene rings is 2. The molecule has 4 rings (SSSR count). The molecule has 1 saturated heterocycles. The van der Waals surface area contributed by atoms with Gasteiger partial charge in [0, 0.05) is 25.1 Å². The van der Waals surface area contributed by atoms with Crippen LogP contribution >= 0.6 is 0 Å². The summed E-state index contributed by atoms with van der Waals surface area (Å²) in [6.07, 6.45) is 3.29. The molecule has 1 fully saturated rings. The van der Waals surface area contributed by atoms with Crippen molar-refractivity contribution in [3.05, 3.63) is 65.6 Å². The van der Waals surface area contributed by atoms with Crippen molar-refractivity contribution in [3.63, 3.8) is 0 Å². The van der Waals surface area contributed by atoms with E-state index in [-0.39, 0.29) is 11.7 Å². The maximum absolute atomic E-state index is 13.5. The van der Waals surface area contributed by atoms with Crippen molar-refractivity contribution in [2.45, 2.75) is 32.6 Å². The second-order valence-corrected chi connectivity index (χ2v) is 8.43. The van der Waals surface area contributed by atoms with Gasteiger partial charge in [-0.2, -0.15) is 5.10 Å². The van der Waals surface area contributed by atoms with Gasteiger partial charge >= 0.3 is 0 Å². The first-order chi connectivity index (χ1) is 16.5. The summed E-state index contributed by atoms with van der Waals surface area (Å²) in [6, 6.07) is 13.3. The van der Waals surface area contributed by atoms with E-state index in [4.69, 9.17) is 9.47 Å². The number of carbonyl (C=O) groups excluding carboxylic acids is 1. The highest BCUT2D eigenvalue weighted by molar-refractivity contribution is 5.76. The maximum Gasteiger partial charge on any atom is 0.226 e. The van der Waals surface area contributed by atoms with E-state index in [9.17, 15) is 9.18 Å². The third-order valence-electron chi connectivity index (χ3n) is 6.03. The number of carbonyl (C=O) groups is 1. The van der Waals surface area contributed by atoms with Gasteiger partial charge < -0.3 is 19.7 Å².